The second-order valence-electron chi connectivity index (χ2n) is 6.63. The topological polar surface area (TPSA) is 32.5 Å². The molecule has 1 aromatic rings. The Morgan fingerprint density at radius 2 is 2.10 bits per heavy atom. The Morgan fingerprint density at radius 1 is 1.30 bits per heavy atom. The van der Waals surface area contributed by atoms with Crippen molar-refractivity contribution in [2.24, 2.45) is 5.73 Å². The second kappa shape index (κ2) is 5.38. The largest absolute Gasteiger partial charge is 0.363 e. The average Bonchev–Trinajstić information content (AvgIpc) is 2.65. The Bertz CT molecular complexity index is 461. The van der Waals surface area contributed by atoms with Crippen molar-refractivity contribution >= 4 is 5.69 Å². The standard InChI is InChI=1S/C17H27N3/c1-14-11-17(12-18,13-19(14)2)20-10-6-5-8-15-7-3-4-9-16(15)20/h3-4,7,9,14H,5-6,8,10-13,18H2,1-2H3. The van der Waals surface area contributed by atoms with Gasteiger partial charge >= 0.3 is 0 Å². The lowest BCUT2D eigenvalue weighted by Crippen LogP contribution is -2.56. The third kappa shape index (κ3) is 2.23. The third-order valence-electron chi connectivity index (χ3n) is 5.28. The van der Waals surface area contributed by atoms with Gasteiger partial charge in [0.05, 0.1) is 5.54 Å². The summed E-state index contributed by atoms with van der Waals surface area (Å²) in [6.07, 6.45) is 4.95. The maximum atomic E-state index is 6.26. The van der Waals surface area contributed by atoms with Crippen LogP contribution >= 0.6 is 0 Å². The molecule has 1 aromatic carbocycles. The SMILES string of the molecule is CC1CC(CN)(N2CCCCc3ccccc32)CN1C. The maximum absolute atomic E-state index is 6.26. The lowest BCUT2D eigenvalue weighted by Gasteiger charge is -2.42. The van der Waals surface area contributed by atoms with E-state index in [-0.39, 0.29) is 5.54 Å². The monoisotopic (exact) mass is 273 g/mol. The molecule has 2 atom stereocenters. The number of likely N-dealkylation sites (tertiary alicyclic amines) is 1. The van der Waals surface area contributed by atoms with Crippen molar-refractivity contribution in [2.45, 2.75) is 44.2 Å². The summed E-state index contributed by atoms with van der Waals surface area (Å²) in [6, 6.07) is 9.54. The first-order valence-corrected chi connectivity index (χ1v) is 7.92. The Kier molecular flexibility index (Phi) is 3.74. The minimum Gasteiger partial charge on any atom is -0.363 e. The van der Waals surface area contributed by atoms with Crippen LogP contribution in [0.3, 0.4) is 0 Å². The van der Waals surface area contributed by atoms with Crippen molar-refractivity contribution in [1.82, 2.24) is 4.90 Å². The number of para-hydroxylation sites is 1. The molecule has 0 amide bonds. The fraction of sp³-hybridized carbons (Fsp3) is 0.647. The number of nitrogens with two attached hydrogens (primary N) is 1. The van der Waals surface area contributed by atoms with Gasteiger partial charge in [0.15, 0.2) is 0 Å². The Morgan fingerprint density at radius 3 is 2.80 bits per heavy atom. The minimum atomic E-state index is 0.120. The summed E-state index contributed by atoms with van der Waals surface area (Å²) in [4.78, 5) is 5.09. The van der Waals surface area contributed by atoms with Crippen molar-refractivity contribution in [2.75, 3.05) is 31.6 Å². The molecule has 0 saturated carbocycles. The summed E-state index contributed by atoms with van der Waals surface area (Å²) in [6.45, 7) is 5.30. The van der Waals surface area contributed by atoms with Crippen LogP contribution < -0.4 is 10.6 Å². The van der Waals surface area contributed by atoms with E-state index < -0.39 is 0 Å². The summed E-state index contributed by atoms with van der Waals surface area (Å²) in [5.41, 5.74) is 9.31. The maximum Gasteiger partial charge on any atom is 0.0665 e. The fourth-order valence-corrected chi connectivity index (χ4v) is 4.03. The molecular formula is C17H27N3. The number of rotatable bonds is 2. The first-order valence-electron chi connectivity index (χ1n) is 7.92. The van der Waals surface area contributed by atoms with Gasteiger partial charge in [-0.25, -0.2) is 0 Å². The molecule has 2 N–H and O–H groups in total. The van der Waals surface area contributed by atoms with E-state index in [1.54, 1.807) is 0 Å². The molecule has 0 bridgehead atoms. The van der Waals surface area contributed by atoms with Gasteiger partial charge in [-0.15, -0.1) is 0 Å². The number of anilines is 1. The molecule has 2 aliphatic rings. The van der Waals surface area contributed by atoms with Crippen LogP contribution in [-0.4, -0.2) is 43.2 Å². The molecule has 0 radical (unpaired) electrons. The molecule has 0 aliphatic carbocycles. The van der Waals surface area contributed by atoms with Crippen molar-refractivity contribution in [1.29, 1.82) is 0 Å². The highest BCUT2D eigenvalue weighted by atomic mass is 15.3. The zero-order chi connectivity index (χ0) is 14.2. The molecule has 0 spiro atoms. The van der Waals surface area contributed by atoms with E-state index in [9.17, 15) is 0 Å². The first-order chi connectivity index (χ1) is 9.66. The number of likely N-dealkylation sites (N-methyl/N-ethyl adjacent to an activating group) is 1. The van der Waals surface area contributed by atoms with Crippen LogP contribution in [0.4, 0.5) is 5.69 Å². The van der Waals surface area contributed by atoms with E-state index in [4.69, 9.17) is 5.73 Å². The summed E-state index contributed by atoms with van der Waals surface area (Å²) >= 11 is 0. The Labute approximate surface area is 122 Å². The van der Waals surface area contributed by atoms with Crippen LogP contribution in [0, 0.1) is 0 Å². The molecule has 3 nitrogen and oxygen atoms in total. The van der Waals surface area contributed by atoms with Gasteiger partial charge in [-0.05, 0) is 51.3 Å². The van der Waals surface area contributed by atoms with Crippen LogP contribution in [0.15, 0.2) is 24.3 Å². The molecule has 2 heterocycles. The lowest BCUT2D eigenvalue weighted by molar-refractivity contribution is 0.315. The highest BCUT2D eigenvalue weighted by molar-refractivity contribution is 5.57. The first kappa shape index (κ1) is 13.9. The van der Waals surface area contributed by atoms with Gasteiger partial charge in [-0.1, -0.05) is 18.2 Å². The van der Waals surface area contributed by atoms with Gasteiger partial charge in [0, 0.05) is 31.4 Å². The van der Waals surface area contributed by atoms with Gasteiger partial charge in [0.1, 0.15) is 0 Å². The van der Waals surface area contributed by atoms with E-state index in [1.165, 1.54) is 36.9 Å². The summed E-state index contributed by atoms with van der Waals surface area (Å²) in [5.74, 6) is 0. The number of nitrogens with zero attached hydrogens (tertiary/aromatic N) is 2. The molecule has 0 aromatic heterocycles. The number of benzene rings is 1. The van der Waals surface area contributed by atoms with Crippen LogP contribution in [0.25, 0.3) is 0 Å². The van der Waals surface area contributed by atoms with Gasteiger partial charge < -0.3 is 15.5 Å². The zero-order valence-electron chi connectivity index (χ0n) is 12.8. The van der Waals surface area contributed by atoms with Gasteiger partial charge in [-0.3, -0.25) is 0 Å². The van der Waals surface area contributed by atoms with Crippen molar-refractivity contribution in [3.8, 4) is 0 Å². The molecule has 3 rings (SSSR count). The number of hydrogen-bond donors (Lipinski definition) is 1. The van der Waals surface area contributed by atoms with Gasteiger partial charge in [-0.2, -0.15) is 0 Å². The van der Waals surface area contributed by atoms with Crippen LogP contribution in [-0.2, 0) is 6.42 Å². The molecular weight excluding hydrogens is 246 g/mol. The van der Waals surface area contributed by atoms with E-state index in [1.807, 2.05) is 0 Å². The number of fused-ring (bicyclic) bond motifs is 1. The predicted octanol–water partition coefficient (Wildman–Crippen LogP) is 2.25. The van der Waals surface area contributed by atoms with Gasteiger partial charge in [0.2, 0.25) is 0 Å². The predicted molar refractivity (Wildman–Crippen MR) is 85.2 cm³/mol. The quantitative estimate of drug-likeness (QED) is 0.897. The summed E-state index contributed by atoms with van der Waals surface area (Å²) in [5, 5.41) is 0. The summed E-state index contributed by atoms with van der Waals surface area (Å²) in [7, 11) is 2.23. The van der Waals surface area contributed by atoms with Crippen LogP contribution in [0.1, 0.15) is 31.7 Å². The Balaban J connectivity index is 2.00. The van der Waals surface area contributed by atoms with Crippen molar-refractivity contribution in [3.05, 3.63) is 29.8 Å². The lowest BCUT2D eigenvalue weighted by atomic mass is 9.92. The molecule has 3 heteroatoms. The molecule has 110 valence electrons. The van der Waals surface area contributed by atoms with E-state index in [0.29, 0.717) is 6.04 Å². The summed E-state index contributed by atoms with van der Waals surface area (Å²) < 4.78 is 0. The molecule has 1 saturated heterocycles. The smallest absolute Gasteiger partial charge is 0.0665 e. The fourth-order valence-electron chi connectivity index (χ4n) is 4.03. The van der Waals surface area contributed by atoms with Crippen molar-refractivity contribution in [3.63, 3.8) is 0 Å². The molecule has 2 unspecified atom stereocenters. The van der Waals surface area contributed by atoms with E-state index in [0.717, 1.165) is 19.6 Å². The van der Waals surface area contributed by atoms with Gasteiger partial charge in [0.25, 0.3) is 0 Å². The van der Waals surface area contributed by atoms with Crippen LogP contribution in [0.5, 0.6) is 0 Å². The van der Waals surface area contributed by atoms with Crippen LogP contribution in [0.2, 0.25) is 0 Å². The van der Waals surface area contributed by atoms with E-state index in [2.05, 4.69) is 48.0 Å². The minimum absolute atomic E-state index is 0.120. The molecule has 1 fully saturated rings. The zero-order valence-corrected chi connectivity index (χ0v) is 12.8. The van der Waals surface area contributed by atoms with Crippen molar-refractivity contribution < 1.29 is 0 Å². The second-order valence-corrected chi connectivity index (χ2v) is 6.63. The number of aryl methyl sites for hydroxylation is 1. The highest BCUT2D eigenvalue weighted by Crippen LogP contribution is 2.38. The average molecular weight is 273 g/mol. The Hall–Kier alpha value is -1.06. The molecule has 2 aliphatic heterocycles. The third-order valence-corrected chi connectivity index (χ3v) is 5.28. The highest BCUT2D eigenvalue weighted by Gasteiger charge is 2.44. The molecule has 20 heavy (non-hydrogen) atoms. The van der Waals surface area contributed by atoms with E-state index >= 15 is 0 Å². The normalized spacial score (nSPS) is 31.1. The number of hydrogen-bond acceptors (Lipinski definition) is 3.